The molecule has 0 aliphatic heterocycles. The number of carbonyl (C=O) groups excluding carboxylic acids is 2. The summed E-state index contributed by atoms with van der Waals surface area (Å²) in [6, 6.07) is 6.57. The van der Waals surface area contributed by atoms with Crippen molar-refractivity contribution in [2.45, 2.75) is 6.92 Å². The molecule has 0 saturated carbocycles. The van der Waals surface area contributed by atoms with Gasteiger partial charge in [0.2, 0.25) is 5.78 Å². The van der Waals surface area contributed by atoms with Gasteiger partial charge < -0.3 is 14.3 Å². The Kier molecular flexibility index (Phi) is 6.67. The van der Waals surface area contributed by atoms with Crippen LogP contribution in [0.5, 0.6) is 5.75 Å². The van der Waals surface area contributed by atoms with Crippen LogP contribution in [0.3, 0.4) is 0 Å². The van der Waals surface area contributed by atoms with E-state index in [1.54, 1.807) is 37.3 Å². The first-order valence-corrected chi connectivity index (χ1v) is 6.17. The van der Waals surface area contributed by atoms with E-state index in [1.807, 2.05) is 0 Å². The topological polar surface area (TPSA) is 74.2 Å². The zero-order valence-corrected chi connectivity index (χ0v) is 12.2. The highest BCUT2D eigenvalue weighted by Crippen LogP contribution is 2.12. The van der Waals surface area contributed by atoms with Gasteiger partial charge in [0, 0.05) is 11.1 Å². The Balaban J connectivity index is 2.57. The molecule has 6 nitrogen and oxygen atoms in total. The predicted molar refractivity (Wildman–Crippen MR) is 77.5 cm³/mol. The number of esters is 1. The van der Waals surface area contributed by atoms with Crippen molar-refractivity contribution in [3.63, 3.8) is 0 Å². The van der Waals surface area contributed by atoms with Crippen LogP contribution in [0.4, 0.5) is 0 Å². The molecule has 0 aliphatic carbocycles. The van der Waals surface area contributed by atoms with Crippen molar-refractivity contribution in [3.8, 4) is 5.75 Å². The molecular formula is C15H17NO5. The zero-order chi connectivity index (χ0) is 15.7. The molecule has 1 aromatic rings. The smallest absolute Gasteiger partial charge is 0.333 e. The standard InChI is InChI=1S/C15H17NO5/c1-11(15(18)19-2)8-9-21-13-6-4-12(5-7-13)14(17)10-16-20-3/h4-8,10H,9H2,1-3H3/b11-8+,16-10+. The van der Waals surface area contributed by atoms with Crippen molar-refractivity contribution in [1.82, 2.24) is 0 Å². The van der Waals surface area contributed by atoms with Gasteiger partial charge in [0.05, 0.1) is 7.11 Å². The number of benzene rings is 1. The fourth-order valence-electron chi connectivity index (χ4n) is 1.40. The Morgan fingerprint density at radius 2 is 1.86 bits per heavy atom. The molecule has 0 aliphatic rings. The van der Waals surface area contributed by atoms with E-state index in [-0.39, 0.29) is 12.4 Å². The largest absolute Gasteiger partial charge is 0.490 e. The molecule has 0 heterocycles. The first kappa shape index (κ1) is 16.4. The van der Waals surface area contributed by atoms with E-state index in [0.717, 1.165) is 6.21 Å². The van der Waals surface area contributed by atoms with Crippen molar-refractivity contribution in [2.24, 2.45) is 5.16 Å². The molecule has 0 spiro atoms. The average molecular weight is 291 g/mol. The highest BCUT2D eigenvalue weighted by molar-refractivity contribution is 6.35. The van der Waals surface area contributed by atoms with Crippen LogP contribution in [-0.4, -0.2) is 38.8 Å². The highest BCUT2D eigenvalue weighted by atomic mass is 16.6. The van der Waals surface area contributed by atoms with E-state index in [2.05, 4.69) is 14.7 Å². The third kappa shape index (κ3) is 5.48. The number of Topliss-reactive ketones (excluding diaryl/α,β-unsaturated/α-hetero) is 1. The number of hydrogen-bond donors (Lipinski definition) is 0. The quantitative estimate of drug-likeness (QED) is 0.252. The summed E-state index contributed by atoms with van der Waals surface area (Å²) in [6.45, 7) is 1.88. The minimum atomic E-state index is -0.392. The van der Waals surface area contributed by atoms with Gasteiger partial charge in [-0.3, -0.25) is 4.79 Å². The maximum absolute atomic E-state index is 11.6. The molecule has 21 heavy (non-hydrogen) atoms. The van der Waals surface area contributed by atoms with E-state index in [4.69, 9.17) is 4.74 Å². The Labute approximate surface area is 123 Å². The van der Waals surface area contributed by atoms with Crippen LogP contribution >= 0.6 is 0 Å². The number of methoxy groups -OCH3 is 1. The lowest BCUT2D eigenvalue weighted by Crippen LogP contribution is -2.04. The van der Waals surface area contributed by atoms with Crippen LogP contribution in [0.2, 0.25) is 0 Å². The summed E-state index contributed by atoms with van der Waals surface area (Å²) >= 11 is 0. The second kappa shape index (κ2) is 8.52. The third-order valence-corrected chi connectivity index (χ3v) is 2.56. The molecule has 0 aromatic heterocycles. The fourth-order valence-corrected chi connectivity index (χ4v) is 1.40. The number of oxime groups is 1. The Morgan fingerprint density at radius 1 is 1.19 bits per heavy atom. The van der Waals surface area contributed by atoms with E-state index in [9.17, 15) is 9.59 Å². The minimum Gasteiger partial charge on any atom is -0.490 e. The van der Waals surface area contributed by atoms with Gasteiger partial charge in [-0.2, -0.15) is 0 Å². The lowest BCUT2D eigenvalue weighted by atomic mass is 10.1. The van der Waals surface area contributed by atoms with E-state index < -0.39 is 5.97 Å². The lowest BCUT2D eigenvalue weighted by Gasteiger charge is -2.04. The molecular weight excluding hydrogens is 274 g/mol. The van der Waals surface area contributed by atoms with Crippen LogP contribution in [0.1, 0.15) is 17.3 Å². The van der Waals surface area contributed by atoms with Gasteiger partial charge in [0.15, 0.2) is 0 Å². The minimum absolute atomic E-state index is 0.235. The normalized spacial score (nSPS) is 11.3. The van der Waals surface area contributed by atoms with Crippen molar-refractivity contribution in [2.75, 3.05) is 20.8 Å². The SMILES string of the molecule is CO/N=C/C(=O)c1ccc(OC/C=C(\C)C(=O)OC)cc1. The molecule has 6 heteroatoms. The number of rotatable bonds is 7. The fraction of sp³-hybridized carbons (Fsp3) is 0.267. The monoisotopic (exact) mass is 291 g/mol. The summed E-state index contributed by atoms with van der Waals surface area (Å²) in [6.07, 6.45) is 2.72. The third-order valence-electron chi connectivity index (χ3n) is 2.56. The van der Waals surface area contributed by atoms with Crippen molar-refractivity contribution < 1.29 is 23.9 Å². The molecule has 0 N–H and O–H groups in total. The molecule has 112 valence electrons. The van der Waals surface area contributed by atoms with Gasteiger partial charge in [-0.25, -0.2) is 4.79 Å². The van der Waals surface area contributed by atoms with E-state index >= 15 is 0 Å². The van der Waals surface area contributed by atoms with Gasteiger partial charge in [0.1, 0.15) is 25.7 Å². The molecule has 0 atom stereocenters. The van der Waals surface area contributed by atoms with E-state index in [1.165, 1.54) is 14.2 Å². The first-order valence-electron chi connectivity index (χ1n) is 6.17. The summed E-state index contributed by atoms with van der Waals surface area (Å²) in [5, 5.41) is 3.41. The predicted octanol–water partition coefficient (Wildman–Crippen LogP) is 2.00. The van der Waals surface area contributed by atoms with Crippen LogP contribution in [0.25, 0.3) is 0 Å². The molecule has 0 saturated heterocycles. The molecule has 1 aromatic carbocycles. The number of ether oxygens (including phenoxy) is 2. The summed E-state index contributed by atoms with van der Waals surface area (Å²) < 4.78 is 10.00. The maximum atomic E-state index is 11.6. The van der Waals surface area contributed by atoms with E-state index in [0.29, 0.717) is 16.9 Å². The Hall–Kier alpha value is -2.63. The van der Waals surface area contributed by atoms with Gasteiger partial charge in [0.25, 0.3) is 0 Å². The van der Waals surface area contributed by atoms with Crippen molar-refractivity contribution in [1.29, 1.82) is 0 Å². The van der Waals surface area contributed by atoms with Crippen LogP contribution in [-0.2, 0) is 14.4 Å². The van der Waals surface area contributed by atoms with Gasteiger partial charge >= 0.3 is 5.97 Å². The van der Waals surface area contributed by atoms with Crippen LogP contribution in [0, 0.1) is 0 Å². The highest BCUT2D eigenvalue weighted by Gasteiger charge is 2.04. The summed E-state index contributed by atoms with van der Waals surface area (Å²) in [4.78, 5) is 27.2. The average Bonchev–Trinajstić information content (AvgIpc) is 2.52. The number of hydrogen-bond acceptors (Lipinski definition) is 6. The second-order valence-electron chi connectivity index (χ2n) is 4.00. The first-order chi connectivity index (χ1) is 10.1. The second-order valence-corrected chi connectivity index (χ2v) is 4.00. The van der Waals surface area contributed by atoms with Gasteiger partial charge in [-0.05, 0) is 37.3 Å². The molecule has 0 unspecified atom stereocenters. The number of carbonyl (C=O) groups is 2. The Bertz CT molecular complexity index is 546. The summed E-state index contributed by atoms with van der Waals surface area (Å²) in [5.41, 5.74) is 0.949. The van der Waals surface area contributed by atoms with Gasteiger partial charge in [-0.15, -0.1) is 0 Å². The van der Waals surface area contributed by atoms with Crippen molar-refractivity contribution in [3.05, 3.63) is 41.5 Å². The molecule has 0 fully saturated rings. The molecule has 1 rings (SSSR count). The molecule has 0 radical (unpaired) electrons. The molecule has 0 bridgehead atoms. The van der Waals surface area contributed by atoms with Gasteiger partial charge in [-0.1, -0.05) is 5.16 Å². The number of nitrogens with zero attached hydrogens (tertiary/aromatic N) is 1. The molecule has 0 amide bonds. The zero-order valence-electron chi connectivity index (χ0n) is 12.2. The summed E-state index contributed by atoms with van der Waals surface area (Å²) in [5.74, 6) is -0.0639. The number of ketones is 1. The Morgan fingerprint density at radius 3 is 2.43 bits per heavy atom. The van der Waals surface area contributed by atoms with Crippen LogP contribution in [0.15, 0.2) is 41.1 Å². The van der Waals surface area contributed by atoms with Crippen molar-refractivity contribution >= 4 is 18.0 Å². The lowest BCUT2D eigenvalue weighted by molar-refractivity contribution is -0.136. The summed E-state index contributed by atoms with van der Waals surface area (Å²) in [7, 11) is 2.69. The van der Waals surface area contributed by atoms with Crippen LogP contribution < -0.4 is 4.74 Å². The maximum Gasteiger partial charge on any atom is 0.333 e.